The molecule has 0 aliphatic heterocycles. The van der Waals surface area contributed by atoms with Gasteiger partial charge in [-0.3, -0.25) is 0 Å². The Bertz CT molecular complexity index is 838. The molecule has 0 amide bonds. The first-order valence-electron chi connectivity index (χ1n) is 15.0. The van der Waals surface area contributed by atoms with Crippen molar-refractivity contribution in [2.24, 2.45) is 0 Å². The molecule has 4 heteroatoms. The van der Waals surface area contributed by atoms with Crippen LogP contribution < -0.4 is 8.28 Å². The van der Waals surface area contributed by atoms with Crippen molar-refractivity contribution in [1.29, 1.82) is 0 Å². The van der Waals surface area contributed by atoms with Crippen LogP contribution in [-0.4, -0.2) is 26.5 Å². The first-order chi connectivity index (χ1) is 16.8. The molecule has 0 saturated heterocycles. The van der Waals surface area contributed by atoms with Crippen molar-refractivity contribution < 1.29 is 4.42 Å². The van der Waals surface area contributed by atoms with E-state index in [1.54, 1.807) is 15.6 Å². The summed E-state index contributed by atoms with van der Waals surface area (Å²) >= 11 is -0.425. The van der Waals surface area contributed by atoms with Crippen LogP contribution in [0.25, 0.3) is 10.6 Å². The second-order valence-electron chi connectivity index (χ2n) is 11.9. The SMILES string of the molecule is CCCCc1c(-c2cc[c]([Sn]([CH2]CCC)([CH2]CCC)[CH2]CCC)o2)sc([Si](C)(C)C)c1CCCC. The molecule has 0 saturated carbocycles. The Morgan fingerprint density at radius 2 is 1.17 bits per heavy atom. The van der Waals surface area contributed by atoms with E-state index in [4.69, 9.17) is 4.42 Å². The van der Waals surface area contributed by atoms with Gasteiger partial charge in [-0.25, -0.2) is 0 Å². The topological polar surface area (TPSA) is 13.1 Å². The van der Waals surface area contributed by atoms with Gasteiger partial charge in [0.25, 0.3) is 0 Å². The molecular formula is C31H56OSSiSn. The predicted molar refractivity (Wildman–Crippen MR) is 167 cm³/mol. The first kappa shape index (κ1) is 31.2. The third kappa shape index (κ3) is 8.50. The van der Waals surface area contributed by atoms with Crippen LogP contribution in [0.3, 0.4) is 0 Å². The maximum absolute atomic E-state index is 7.05. The van der Waals surface area contributed by atoms with E-state index in [1.807, 2.05) is 0 Å². The number of hydrogen-bond acceptors (Lipinski definition) is 2. The molecule has 0 bridgehead atoms. The van der Waals surface area contributed by atoms with Gasteiger partial charge < -0.3 is 0 Å². The fourth-order valence-electron chi connectivity index (χ4n) is 5.58. The minimum atomic E-state index is -2.54. The quantitative estimate of drug-likeness (QED) is 0.151. The number of furan rings is 1. The van der Waals surface area contributed by atoms with Crippen LogP contribution in [-0.2, 0) is 12.8 Å². The second-order valence-corrected chi connectivity index (χ2v) is 31.3. The summed E-state index contributed by atoms with van der Waals surface area (Å²) in [5.74, 6) is 1.21. The molecule has 0 aliphatic rings. The van der Waals surface area contributed by atoms with Crippen LogP contribution >= 0.6 is 11.3 Å². The van der Waals surface area contributed by atoms with Gasteiger partial charge in [-0.1, -0.05) is 0 Å². The fraction of sp³-hybridized carbons (Fsp3) is 0.742. The second kappa shape index (κ2) is 15.4. The molecule has 2 aromatic rings. The minimum absolute atomic E-state index is 1.21. The van der Waals surface area contributed by atoms with Crippen LogP contribution in [0, 0.1) is 0 Å². The average molecular weight is 624 g/mol. The molecule has 2 heterocycles. The van der Waals surface area contributed by atoms with E-state index in [0.717, 1.165) is 0 Å². The van der Waals surface area contributed by atoms with Gasteiger partial charge in [0.1, 0.15) is 0 Å². The van der Waals surface area contributed by atoms with Crippen molar-refractivity contribution in [3.8, 4) is 10.6 Å². The number of rotatable bonds is 18. The summed E-state index contributed by atoms with van der Waals surface area (Å²) in [7, 11) is -1.40. The van der Waals surface area contributed by atoms with Crippen molar-refractivity contribution in [2.75, 3.05) is 0 Å². The van der Waals surface area contributed by atoms with Gasteiger partial charge in [-0.05, 0) is 0 Å². The van der Waals surface area contributed by atoms with Crippen LogP contribution in [0.15, 0.2) is 16.5 Å². The van der Waals surface area contributed by atoms with E-state index < -0.39 is 26.5 Å². The molecule has 0 unspecified atom stereocenters. The summed E-state index contributed by atoms with van der Waals surface area (Å²) in [6.45, 7) is 19.4. The molecule has 0 spiro atoms. The van der Waals surface area contributed by atoms with Gasteiger partial charge >= 0.3 is 229 Å². The monoisotopic (exact) mass is 624 g/mol. The Hall–Kier alpha value is -0.00442. The van der Waals surface area contributed by atoms with E-state index in [0.29, 0.717) is 0 Å². The number of unbranched alkanes of at least 4 members (excludes halogenated alkanes) is 5. The third-order valence-electron chi connectivity index (χ3n) is 7.74. The molecule has 0 fully saturated rings. The summed E-state index contributed by atoms with van der Waals surface area (Å²) in [5.41, 5.74) is 3.37. The zero-order valence-electron chi connectivity index (χ0n) is 24.6. The van der Waals surface area contributed by atoms with Gasteiger partial charge in [0.15, 0.2) is 0 Å². The van der Waals surface area contributed by atoms with Crippen molar-refractivity contribution in [2.45, 2.75) is 145 Å². The van der Waals surface area contributed by atoms with Gasteiger partial charge in [-0.15, -0.1) is 0 Å². The zero-order valence-corrected chi connectivity index (χ0v) is 29.2. The standard InChI is InChI=1S/C19H29OSSi.3C4H9.Sn/c1-6-8-11-15-16(12-9-7-2)19(22(3,4)5)21-18(15)17-13-10-14-20-17;3*1-3-4-2;/h10,13H,6-9,11-12H2,1-5H3;3*1,3-4H2,2H3;. The van der Waals surface area contributed by atoms with E-state index in [9.17, 15) is 0 Å². The normalized spacial score (nSPS) is 12.6. The van der Waals surface area contributed by atoms with Crippen molar-refractivity contribution in [1.82, 2.24) is 0 Å². The predicted octanol–water partition coefficient (Wildman–Crippen LogP) is 10.3. The van der Waals surface area contributed by atoms with Gasteiger partial charge in [-0.2, -0.15) is 0 Å². The third-order valence-corrected chi connectivity index (χ3v) is 27.6. The Balaban J connectivity index is 2.60. The van der Waals surface area contributed by atoms with Gasteiger partial charge in [0.2, 0.25) is 0 Å². The summed E-state index contributed by atoms with van der Waals surface area (Å²) < 4.78 is 14.7. The van der Waals surface area contributed by atoms with E-state index >= 15 is 0 Å². The molecule has 0 radical (unpaired) electrons. The number of hydrogen-bond donors (Lipinski definition) is 0. The molecule has 0 aliphatic carbocycles. The van der Waals surface area contributed by atoms with Gasteiger partial charge in [0.05, 0.1) is 0 Å². The molecule has 0 atom stereocenters. The molecule has 1 nitrogen and oxygen atoms in total. The van der Waals surface area contributed by atoms with Crippen molar-refractivity contribution in [3.05, 3.63) is 23.3 Å². The number of thiophene rings is 1. The molecular weight excluding hydrogens is 567 g/mol. The van der Waals surface area contributed by atoms with Crippen LogP contribution in [0.5, 0.6) is 0 Å². The first-order valence-corrected chi connectivity index (χ1v) is 26.8. The molecule has 0 N–H and O–H groups in total. The van der Waals surface area contributed by atoms with E-state index in [2.05, 4.69) is 77.7 Å². The van der Waals surface area contributed by atoms with Crippen LogP contribution in [0.1, 0.15) is 110 Å². The van der Waals surface area contributed by atoms with E-state index in [1.165, 1.54) is 105 Å². The fourth-order valence-corrected chi connectivity index (χ4v) is 24.6. The molecule has 2 aromatic heterocycles. The van der Waals surface area contributed by atoms with E-state index in [-0.39, 0.29) is 0 Å². The summed E-state index contributed by atoms with van der Waals surface area (Å²) in [4.78, 5) is 1.50. The maximum atomic E-state index is 7.05. The Labute approximate surface area is 227 Å². The molecule has 2 rings (SSSR count). The van der Waals surface area contributed by atoms with Crippen molar-refractivity contribution >= 4 is 46.1 Å². The molecule has 200 valence electrons. The summed E-state index contributed by atoms with van der Waals surface area (Å²) in [6.07, 6.45) is 15.7. The Morgan fingerprint density at radius 3 is 1.63 bits per heavy atom. The Morgan fingerprint density at radius 1 is 0.686 bits per heavy atom. The van der Waals surface area contributed by atoms with Crippen LogP contribution in [0.2, 0.25) is 33.0 Å². The van der Waals surface area contributed by atoms with Gasteiger partial charge in [0, 0.05) is 0 Å². The molecule has 35 heavy (non-hydrogen) atoms. The average Bonchev–Trinajstić information content (AvgIpc) is 3.46. The van der Waals surface area contributed by atoms with Crippen LogP contribution in [0.4, 0.5) is 0 Å². The molecule has 0 aromatic carbocycles. The Kier molecular flexibility index (Phi) is 13.8. The van der Waals surface area contributed by atoms with Crippen molar-refractivity contribution in [3.63, 3.8) is 0 Å². The zero-order chi connectivity index (χ0) is 25.9. The summed E-state index contributed by atoms with van der Waals surface area (Å²) in [6, 6.07) is 4.86. The summed E-state index contributed by atoms with van der Waals surface area (Å²) in [5, 5.41) is 0.